The molecule has 0 aliphatic carbocycles. The third-order valence-corrected chi connectivity index (χ3v) is 5.18. The number of rotatable bonds is 6. The van der Waals surface area contributed by atoms with Crippen LogP contribution < -0.4 is 11.1 Å². The summed E-state index contributed by atoms with van der Waals surface area (Å²) in [5.41, 5.74) is 6.80. The number of hydrogen-bond donors (Lipinski definition) is 2. The van der Waals surface area contributed by atoms with Crippen molar-refractivity contribution >= 4 is 23.4 Å². The van der Waals surface area contributed by atoms with E-state index in [1.165, 1.54) is 0 Å². The van der Waals surface area contributed by atoms with Gasteiger partial charge in [-0.3, -0.25) is 0 Å². The van der Waals surface area contributed by atoms with Crippen LogP contribution >= 0.6 is 11.8 Å². The van der Waals surface area contributed by atoms with Crippen molar-refractivity contribution in [1.82, 2.24) is 9.97 Å². The Labute approximate surface area is 114 Å². The summed E-state index contributed by atoms with van der Waals surface area (Å²) in [5.74, 6) is 2.14. The quantitative estimate of drug-likeness (QED) is 0.830. The Balaban J connectivity index is 2.86. The minimum atomic E-state index is 0.264. The molecule has 0 atom stereocenters. The standard InChI is InChI=1S/C13H24N4S/c1-6-13(7-2,18-5)8-15-12-9(3)11(14)16-10(4)17-12/h6-8H2,1-5H3,(H3,14,15,16,17). The Morgan fingerprint density at radius 2 is 1.83 bits per heavy atom. The molecule has 0 radical (unpaired) electrons. The topological polar surface area (TPSA) is 63.8 Å². The van der Waals surface area contributed by atoms with Gasteiger partial charge < -0.3 is 11.1 Å². The lowest BCUT2D eigenvalue weighted by Crippen LogP contribution is -2.32. The molecule has 5 heteroatoms. The number of hydrogen-bond acceptors (Lipinski definition) is 5. The Morgan fingerprint density at radius 1 is 1.22 bits per heavy atom. The highest BCUT2D eigenvalue weighted by atomic mass is 32.2. The molecule has 0 aliphatic heterocycles. The van der Waals surface area contributed by atoms with Crippen LogP contribution in [0.25, 0.3) is 0 Å². The van der Waals surface area contributed by atoms with Crippen molar-refractivity contribution in [2.45, 2.75) is 45.3 Å². The molecule has 18 heavy (non-hydrogen) atoms. The maximum atomic E-state index is 5.86. The van der Waals surface area contributed by atoms with Gasteiger partial charge in [0.25, 0.3) is 0 Å². The molecular formula is C13H24N4S. The monoisotopic (exact) mass is 268 g/mol. The lowest BCUT2D eigenvalue weighted by atomic mass is 10.0. The molecule has 4 nitrogen and oxygen atoms in total. The highest BCUT2D eigenvalue weighted by Gasteiger charge is 2.25. The molecule has 0 saturated heterocycles. The summed E-state index contributed by atoms with van der Waals surface area (Å²) >= 11 is 1.91. The average molecular weight is 268 g/mol. The van der Waals surface area contributed by atoms with Gasteiger partial charge in [-0.05, 0) is 32.9 Å². The fourth-order valence-corrected chi connectivity index (χ4v) is 2.72. The summed E-state index contributed by atoms with van der Waals surface area (Å²) in [5, 5.41) is 3.44. The van der Waals surface area contributed by atoms with Crippen LogP contribution in [0.15, 0.2) is 0 Å². The summed E-state index contributed by atoms with van der Waals surface area (Å²) in [6.45, 7) is 9.18. The van der Waals surface area contributed by atoms with Crippen LogP contribution in [0.1, 0.15) is 38.1 Å². The number of thioether (sulfide) groups is 1. The van der Waals surface area contributed by atoms with Gasteiger partial charge >= 0.3 is 0 Å². The zero-order valence-electron chi connectivity index (χ0n) is 12.0. The van der Waals surface area contributed by atoms with Gasteiger partial charge in [-0.25, -0.2) is 9.97 Å². The first-order chi connectivity index (χ1) is 8.48. The molecule has 1 heterocycles. The number of nitrogens with zero attached hydrogens (tertiary/aromatic N) is 2. The predicted octanol–water partition coefficient (Wildman–Crippen LogP) is 3.01. The number of nitrogens with two attached hydrogens (primary N) is 1. The number of aryl methyl sites for hydroxylation is 1. The molecule has 0 unspecified atom stereocenters. The summed E-state index contributed by atoms with van der Waals surface area (Å²) in [7, 11) is 0. The van der Waals surface area contributed by atoms with Gasteiger partial charge in [0.15, 0.2) is 0 Å². The number of nitrogen functional groups attached to an aromatic ring is 1. The maximum Gasteiger partial charge on any atom is 0.134 e. The summed E-state index contributed by atoms with van der Waals surface area (Å²) in [6, 6.07) is 0. The van der Waals surface area contributed by atoms with Crippen molar-refractivity contribution in [1.29, 1.82) is 0 Å². The second-order valence-corrected chi connectivity index (χ2v) is 5.85. The first-order valence-electron chi connectivity index (χ1n) is 6.37. The van der Waals surface area contributed by atoms with Crippen LogP contribution in [-0.2, 0) is 0 Å². The first-order valence-corrected chi connectivity index (χ1v) is 7.60. The summed E-state index contributed by atoms with van der Waals surface area (Å²) < 4.78 is 0.264. The Hall–Kier alpha value is -0.970. The molecule has 0 aromatic carbocycles. The van der Waals surface area contributed by atoms with E-state index < -0.39 is 0 Å². The molecule has 0 fully saturated rings. The number of aromatic nitrogens is 2. The normalized spacial score (nSPS) is 11.6. The van der Waals surface area contributed by atoms with E-state index >= 15 is 0 Å². The van der Waals surface area contributed by atoms with E-state index in [2.05, 4.69) is 35.4 Å². The van der Waals surface area contributed by atoms with E-state index in [9.17, 15) is 0 Å². The molecule has 0 bridgehead atoms. The van der Waals surface area contributed by atoms with Crippen LogP contribution in [0, 0.1) is 13.8 Å². The van der Waals surface area contributed by atoms with E-state index in [1.54, 1.807) is 0 Å². The lowest BCUT2D eigenvalue weighted by Gasteiger charge is -2.30. The molecule has 1 aromatic heterocycles. The van der Waals surface area contributed by atoms with Gasteiger partial charge in [0.1, 0.15) is 17.5 Å². The molecule has 0 aliphatic rings. The van der Waals surface area contributed by atoms with Gasteiger partial charge in [0.2, 0.25) is 0 Å². The number of anilines is 2. The van der Waals surface area contributed by atoms with Gasteiger partial charge in [0, 0.05) is 16.9 Å². The van der Waals surface area contributed by atoms with E-state index in [4.69, 9.17) is 5.73 Å². The van der Waals surface area contributed by atoms with Crippen molar-refractivity contribution < 1.29 is 0 Å². The molecule has 0 saturated carbocycles. The van der Waals surface area contributed by atoms with E-state index in [1.807, 2.05) is 25.6 Å². The molecule has 0 spiro atoms. The third-order valence-electron chi connectivity index (χ3n) is 3.59. The molecule has 102 valence electrons. The largest absolute Gasteiger partial charge is 0.383 e. The van der Waals surface area contributed by atoms with Crippen LogP contribution in [-0.4, -0.2) is 27.5 Å². The second kappa shape index (κ2) is 6.27. The first kappa shape index (κ1) is 15.1. The van der Waals surface area contributed by atoms with Crippen LogP contribution in [0.5, 0.6) is 0 Å². The van der Waals surface area contributed by atoms with Gasteiger partial charge in [-0.2, -0.15) is 11.8 Å². The minimum absolute atomic E-state index is 0.264. The molecule has 1 aromatic rings. The van der Waals surface area contributed by atoms with Crippen LogP contribution in [0.4, 0.5) is 11.6 Å². The Kier molecular flexibility index (Phi) is 5.26. The number of nitrogens with one attached hydrogen (secondary N) is 1. The van der Waals surface area contributed by atoms with Crippen molar-refractivity contribution in [3.05, 3.63) is 11.4 Å². The fraction of sp³-hybridized carbons (Fsp3) is 0.692. The zero-order valence-corrected chi connectivity index (χ0v) is 12.8. The van der Waals surface area contributed by atoms with Crippen molar-refractivity contribution in [3.8, 4) is 0 Å². The lowest BCUT2D eigenvalue weighted by molar-refractivity contribution is 0.573. The fourth-order valence-electron chi connectivity index (χ4n) is 1.93. The Morgan fingerprint density at radius 3 is 2.33 bits per heavy atom. The van der Waals surface area contributed by atoms with Gasteiger partial charge in [0.05, 0.1) is 0 Å². The van der Waals surface area contributed by atoms with Gasteiger partial charge in [-0.1, -0.05) is 13.8 Å². The molecule has 3 N–H and O–H groups in total. The highest BCUT2D eigenvalue weighted by molar-refractivity contribution is 8.00. The van der Waals surface area contributed by atoms with Crippen LogP contribution in [0.2, 0.25) is 0 Å². The van der Waals surface area contributed by atoms with E-state index in [-0.39, 0.29) is 4.75 Å². The zero-order chi connectivity index (χ0) is 13.8. The summed E-state index contributed by atoms with van der Waals surface area (Å²) in [6.07, 6.45) is 4.44. The molecular weight excluding hydrogens is 244 g/mol. The summed E-state index contributed by atoms with van der Waals surface area (Å²) in [4.78, 5) is 8.59. The highest BCUT2D eigenvalue weighted by Crippen LogP contribution is 2.31. The maximum absolute atomic E-state index is 5.86. The van der Waals surface area contributed by atoms with Crippen molar-refractivity contribution in [2.75, 3.05) is 23.9 Å². The third kappa shape index (κ3) is 3.28. The minimum Gasteiger partial charge on any atom is -0.383 e. The van der Waals surface area contributed by atoms with E-state index in [0.29, 0.717) is 11.6 Å². The molecule has 1 rings (SSSR count). The molecule has 0 amide bonds. The predicted molar refractivity (Wildman–Crippen MR) is 81.2 cm³/mol. The second-order valence-electron chi connectivity index (χ2n) is 4.58. The Bertz CT molecular complexity index is 394. The average Bonchev–Trinajstić information content (AvgIpc) is 2.37. The van der Waals surface area contributed by atoms with Crippen LogP contribution in [0.3, 0.4) is 0 Å². The smallest absolute Gasteiger partial charge is 0.134 e. The van der Waals surface area contributed by atoms with Crippen molar-refractivity contribution in [2.24, 2.45) is 0 Å². The SMILES string of the molecule is CCC(CC)(CNc1nc(C)nc(N)c1C)SC. The van der Waals surface area contributed by atoms with E-state index in [0.717, 1.165) is 30.8 Å². The van der Waals surface area contributed by atoms with Gasteiger partial charge in [-0.15, -0.1) is 0 Å². The van der Waals surface area contributed by atoms with Crippen molar-refractivity contribution in [3.63, 3.8) is 0 Å².